The predicted molar refractivity (Wildman–Crippen MR) is 62.2 cm³/mol. The van der Waals surface area contributed by atoms with Crippen LogP contribution in [0.4, 0.5) is 0 Å². The Hall–Kier alpha value is -1.53. The number of carboxylic acid groups (broad SMARTS) is 2. The van der Waals surface area contributed by atoms with Gasteiger partial charge in [0.1, 0.15) is 0 Å². The van der Waals surface area contributed by atoms with Gasteiger partial charge in [-0.25, -0.2) is 4.79 Å². The zero-order valence-corrected chi connectivity index (χ0v) is 9.72. The van der Waals surface area contributed by atoms with Crippen molar-refractivity contribution in [3.63, 3.8) is 0 Å². The molecule has 0 aliphatic carbocycles. The maximum Gasteiger partial charge on any atom is 0.337 e. The van der Waals surface area contributed by atoms with Crippen LogP contribution in [0.15, 0.2) is 23.1 Å². The molecule has 0 bridgehead atoms. The highest BCUT2D eigenvalue weighted by molar-refractivity contribution is 7.80. The van der Waals surface area contributed by atoms with Crippen LogP contribution in [0.2, 0.25) is 0 Å². The van der Waals surface area contributed by atoms with Gasteiger partial charge in [0.2, 0.25) is 0 Å². The van der Waals surface area contributed by atoms with E-state index in [0.717, 1.165) is 0 Å². The number of hydrogen-bond acceptors (Lipinski definition) is 4. The molecule has 0 radical (unpaired) electrons. The number of aliphatic hydroxyl groups excluding tert-OH is 1. The van der Waals surface area contributed by atoms with Crippen LogP contribution in [0.1, 0.15) is 23.7 Å². The van der Waals surface area contributed by atoms with E-state index < -0.39 is 18.0 Å². The van der Waals surface area contributed by atoms with Gasteiger partial charge in [0.05, 0.1) is 0 Å². The van der Waals surface area contributed by atoms with Gasteiger partial charge in [-0.2, -0.15) is 0 Å². The first-order valence-electron chi connectivity index (χ1n) is 4.86. The molecule has 3 N–H and O–H groups in total. The fraction of sp³-hybridized carbons (Fsp3) is 0.273. The van der Waals surface area contributed by atoms with E-state index in [4.69, 9.17) is 10.2 Å². The molecule has 0 amide bonds. The van der Waals surface area contributed by atoms with Crippen molar-refractivity contribution in [2.24, 2.45) is 0 Å². The van der Waals surface area contributed by atoms with Crippen LogP contribution in [0.25, 0.3) is 0 Å². The molecule has 1 aromatic carbocycles. The number of carboxylic acids is 2. The Morgan fingerprint density at radius 2 is 1.94 bits per heavy atom. The van der Waals surface area contributed by atoms with Gasteiger partial charge in [0, 0.05) is 11.3 Å². The highest BCUT2D eigenvalue weighted by Crippen LogP contribution is 2.23. The fourth-order valence-corrected chi connectivity index (χ4v) is 1.68. The Kier molecular flexibility index (Phi) is 4.53. The highest BCUT2D eigenvalue weighted by Gasteiger charge is 2.19. The monoisotopic (exact) mass is 256 g/mol. The third kappa shape index (κ3) is 3.76. The third-order valence-corrected chi connectivity index (χ3v) is 2.54. The van der Waals surface area contributed by atoms with Gasteiger partial charge in [-0.15, -0.1) is 12.6 Å². The van der Waals surface area contributed by atoms with Gasteiger partial charge < -0.3 is 15.3 Å². The second kappa shape index (κ2) is 5.70. The van der Waals surface area contributed by atoms with Crippen LogP contribution in [0.3, 0.4) is 0 Å². The maximum absolute atomic E-state index is 10.7. The van der Waals surface area contributed by atoms with Crippen molar-refractivity contribution >= 4 is 24.6 Å². The van der Waals surface area contributed by atoms with Crippen molar-refractivity contribution in [1.82, 2.24) is 0 Å². The molecule has 5 nitrogen and oxygen atoms in total. The predicted octanol–water partition coefficient (Wildman–Crippen LogP) is 1.11. The molecule has 0 aliphatic heterocycles. The van der Waals surface area contributed by atoms with Crippen molar-refractivity contribution in [3.05, 3.63) is 29.3 Å². The molecule has 0 saturated heterocycles. The van der Waals surface area contributed by atoms with E-state index >= 15 is 0 Å². The minimum Gasteiger partial charge on any atom is -0.481 e. The zero-order valence-electron chi connectivity index (χ0n) is 8.83. The molecule has 0 aromatic heterocycles. The summed E-state index contributed by atoms with van der Waals surface area (Å²) in [6, 6.07) is 4.56. The number of rotatable bonds is 5. The summed E-state index contributed by atoms with van der Waals surface area (Å²) in [6.07, 6.45) is -1.62. The van der Waals surface area contributed by atoms with Crippen molar-refractivity contribution < 1.29 is 24.9 Å². The van der Waals surface area contributed by atoms with E-state index in [1.807, 2.05) is 0 Å². The molecule has 17 heavy (non-hydrogen) atoms. The SMILES string of the molecule is O=C(O)CCc1cc(S)ccc1C(O)C(=O)O. The third-order valence-electron chi connectivity index (χ3n) is 2.26. The maximum atomic E-state index is 10.7. The molecule has 0 aliphatic rings. The largest absolute Gasteiger partial charge is 0.481 e. The van der Waals surface area contributed by atoms with Crippen LogP contribution in [0, 0.1) is 0 Å². The number of thiol groups is 1. The molecular formula is C11H12O5S. The molecule has 1 atom stereocenters. The van der Waals surface area contributed by atoms with Crippen LogP contribution < -0.4 is 0 Å². The highest BCUT2D eigenvalue weighted by atomic mass is 32.1. The second-order valence-electron chi connectivity index (χ2n) is 3.52. The van der Waals surface area contributed by atoms with Crippen molar-refractivity contribution in [2.45, 2.75) is 23.8 Å². The number of hydrogen-bond donors (Lipinski definition) is 4. The summed E-state index contributed by atoms with van der Waals surface area (Å²) in [6.45, 7) is 0. The Balaban J connectivity index is 3.03. The smallest absolute Gasteiger partial charge is 0.337 e. The second-order valence-corrected chi connectivity index (χ2v) is 4.03. The number of aliphatic hydroxyl groups is 1. The van der Waals surface area contributed by atoms with Crippen molar-refractivity contribution in [1.29, 1.82) is 0 Å². The Bertz CT molecular complexity index is 443. The summed E-state index contributed by atoms with van der Waals surface area (Å²) in [5.41, 5.74) is 0.686. The quantitative estimate of drug-likeness (QED) is 0.592. The zero-order chi connectivity index (χ0) is 13.0. The topological polar surface area (TPSA) is 94.8 Å². The van der Waals surface area contributed by atoms with E-state index in [0.29, 0.717) is 10.5 Å². The summed E-state index contributed by atoms with van der Waals surface area (Å²) < 4.78 is 0. The summed E-state index contributed by atoms with van der Waals surface area (Å²) in [7, 11) is 0. The first-order valence-corrected chi connectivity index (χ1v) is 5.31. The lowest BCUT2D eigenvalue weighted by molar-refractivity contribution is -0.147. The number of aliphatic carboxylic acids is 2. The van der Waals surface area contributed by atoms with E-state index in [2.05, 4.69) is 12.6 Å². The van der Waals surface area contributed by atoms with Gasteiger partial charge in [0.25, 0.3) is 0 Å². The molecule has 1 unspecified atom stereocenters. The summed E-state index contributed by atoms with van der Waals surface area (Å²) in [4.78, 5) is 21.8. The Labute approximate surface area is 103 Å². The summed E-state index contributed by atoms with van der Waals surface area (Å²) in [5, 5.41) is 26.8. The lowest BCUT2D eigenvalue weighted by Crippen LogP contribution is -2.13. The first-order chi connectivity index (χ1) is 7.91. The van der Waals surface area contributed by atoms with E-state index in [1.54, 1.807) is 12.1 Å². The Morgan fingerprint density at radius 1 is 1.29 bits per heavy atom. The average Bonchev–Trinajstić information content (AvgIpc) is 2.25. The van der Waals surface area contributed by atoms with Crippen LogP contribution in [-0.4, -0.2) is 27.3 Å². The lowest BCUT2D eigenvalue weighted by Gasteiger charge is -2.12. The summed E-state index contributed by atoms with van der Waals surface area (Å²) in [5.74, 6) is -2.35. The minimum absolute atomic E-state index is 0.128. The Morgan fingerprint density at radius 3 is 2.47 bits per heavy atom. The van der Waals surface area contributed by atoms with Gasteiger partial charge >= 0.3 is 11.9 Å². The van der Waals surface area contributed by atoms with E-state index in [9.17, 15) is 14.7 Å². The van der Waals surface area contributed by atoms with Gasteiger partial charge in [-0.1, -0.05) is 6.07 Å². The van der Waals surface area contributed by atoms with E-state index in [1.165, 1.54) is 6.07 Å². The first kappa shape index (κ1) is 13.5. The summed E-state index contributed by atoms with van der Waals surface area (Å²) >= 11 is 4.09. The van der Waals surface area contributed by atoms with Crippen molar-refractivity contribution in [3.8, 4) is 0 Å². The molecule has 0 heterocycles. The molecule has 0 saturated carbocycles. The minimum atomic E-state index is -1.65. The number of aryl methyl sites for hydroxylation is 1. The molecule has 92 valence electrons. The van der Waals surface area contributed by atoms with Crippen LogP contribution in [0.5, 0.6) is 0 Å². The number of benzene rings is 1. The normalized spacial score (nSPS) is 12.1. The van der Waals surface area contributed by atoms with Crippen LogP contribution in [-0.2, 0) is 16.0 Å². The van der Waals surface area contributed by atoms with Crippen LogP contribution >= 0.6 is 12.6 Å². The molecule has 0 fully saturated rings. The van der Waals surface area contributed by atoms with E-state index in [-0.39, 0.29) is 18.4 Å². The average molecular weight is 256 g/mol. The lowest BCUT2D eigenvalue weighted by atomic mass is 9.98. The fourth-order valence-electron chi connectivity index (χ4n) is 1.45. The molecule has 1 rings (SSSR count). The van der Waals surface area contributed by atoms with Gasteiger partial charge in [-0.3, -0.25) is 4.79 Å². The number of carbonyl (C=O) groups is 2. The standard InChI is InChI=1S/C11H12O5S/c12-9(13)4-1-6-5-7(17)2-3-8(6)10(14)11(15)16/h2-3,5,10,14,17H,1,4H2,(H,12,13)(H,15,16). The van der Waals surface area contributed by atoms with Gasteiger partial charge in [-0.05, 0) is 29.7 Å². The molecule has 1 aromatic rings. The molecule has 0 spiro atoms. The van der Waals surface area contributed by atoms with Crippen molar-refractivity contribution in [2.75, 3.05) is 0 Å². The molecular weight excluding hydrogens is 244 g/mol. The van der Waals surface area contributed by atoms with Gasteiger partial charge in [0.15, 0.2) is 6.10 Å². The molecule has 6 heteroatoms.